The van der Waals surface area contributed by atoms with E-state index in [4.69, 9.17) is 14.5 Å². The van der Waals surface area contributed by atoms with E-state index in [-0.39, 0.29) is 0 Å². The molecule has 1 aromatic carbocycles. The minimum atomic E-state index is -0.506. The summed E-state index contributed by atoms with van der Waals surface area (Å²) in [6.07, 6.45) is 4.49. The third-order valence-electron chi connectivity index (χ3n) is 7.22. The second-order valence-corrected chi connectivity index (χ2v) is 13.4. The second-order valence-electron chi connectivity index (χ2n) is 13.4. The summed E-state index contributed by atoms with van der Waals surface area (Å²) < 4.78 is 11.1. The third kappa shape index (κ3) is 16.0. The molecular weight excluding hydrogens is 586 g/mol. The maximum Gasteiger partial charge on any atom is 0.407 e. The molecule has 0 aliphatic carbocycles. The van der Waals surface area contributed by atoms with Gasteiger partial charge in [-0.2, -0.15) is 0 Å². The zero-order chi connectivity index (χ0) is 34.2. The summed E-state index contributed by atoms with van der Waals surface area (Å²) in [6, 6.07) is 12.1. The van der Waals surface area contributed by atoms with Gasteiger partial charge in [-0.1, -0.05) is 29.6 Å². The van der Waals surface area contributed by atoms with Gasteiger partial charge in [0.25, 0.3) is 0 Å². The number of carbonyl (C=O) groups is 1. The lowest BCUT2D eigenvalue weighted by molar-refractivity contribution is 0.0525. The molecule has 1 aliphatic heterocycles. The summed E-state index contributed by atoms with van der Waals surface area (Å²) in [5.41, 5.74) is 7.06. The number of benzene rings is 1. The number of rotatable bonds is 11. The number of nitrogens with zero attached hydrogens (tertiary/aromatic N) is 3. The summed E-state index contributed by atoms with van der Waals surface area (Å²) in [5.74, 6) is 7.42. The van der Waals surface area contributed by atoms with Crippen LogP contribution in [0.5, 0.6) is 5.75 Å². The van der Waals surface area contributed by atoms with E-state index in [0.29, 0.717) is 19.6 Å². The predicted molar refractivity (Wildman–Crippen MR) is 193 cm³/mol. The largest absolute Gasteiger partial charge is 0.494 e. The van der Waals surface area contributed by atoms with E-state index >= 15 is 0 Å². The van der Waals surface area contributed by atoms with Gasteiger partial charge in [0.15, 0.2) is 0 Å². The van der Waals surface area contributed by atoms with E-state index in [1.165, 1.54) is 11.1 Å². The van der Waals surface area contributed by atoms with Crippen molar-refractivity contribution in [1.29, 1.82) is 0 Å². The molecule has 8 nitrogen and oxygen atoms in total. The monoisotopic (exact) mass is 641 g/mol. The number of aromatic nitrogens is 1. The SMILES string of the molecule is C=C(C)/C=C(C#Cc1ccc(OCCCNC(=O)OC(C)(C)C)cc1)\C=C(/C)CN1CCNCCN(Cc2cc(C)cc(C)n2)CC1. The molecule has 2 heterocycles. The van der Waals surface area contributed by atoms with Crippen LogP contribution in [-0.2, 0) is 11.3 Å². The fourth-order valence-corrected chi connectivity index (χ4v) is 5.25. The lowest BCUT2D eigenvalue weighted by Gasteiger charge is -2.26. The van der Waals surface area contributed by atoms with Crippen molar-refractivity contribution in [3.05, 3.63) is 94.4 Å². The number of nitrogens with one attached hydrogen (secondary N) is 2. The van der Waals surface area contributed by atoms with Crippen LogP contribution in [0.3, 0.4) is 0 Å². The van der Waals surface area contributed by atoms with E-state index in [1.54, 1.807) is 0 Å². The summed E-state index contributed by atoms with van der Waals surface area (Å²) in [6.45, 7) is 26.7. The minimum absolute atomic E-state index is 0.412. The molecule has 0 spiro atoms. The first kappa shape index (κ1) is 37.6. The molecule has 254 valence electrons. The van der Waals surface area contributed by atoms with Gasteiger partial charge >= 0.3 is 6.09 Å². The smallest absolute Gasteiger partial charge is 0.407 e. The Labute approximate surface area is 283 Å². The van der Waals surface area contributed by atoms with Crippen molar-refractivity contribution in [2.75, 3.05) is 59.0 Å². The van der Waals surface area contributed by atoms with Gasteiger partial charge in [-0.25, -0.2) is 4.79 Å². The number of alkyl carbamates (subject to hydrolysis) is 1. The van der Waals surface area contributed by atoms with Gasteiger partial charge in [0.2, 0.25) is 0 Å². The number of ether oxygens (including phenoxy) is 2. The van der Waals surface area contributed by atoms with Crippen molar-refractivity contribution in [3.8, 4) is 17.6 Å². The molecule has 1 saturated heterocycles. The molecule has 1 aromatic heterocycles. The quantitative estimate of drug-likeness (QED) is 0.172. The molecule has 2 N–H and O–H groups in total. The Morgan fingerprint density at radius 1 is 1.04 bits per heavy atom. The lowest BCUT2D eigenvalue weighted by Crippen LogP contribution is -2.36. The van der Waals surface area contributed by atoms with Gasteiger partial charge in [-0.05, 0) is 109 Å². The van der Waals surface area contributed by atoms with Crippen molar-refractivity contribution in [3.63, 3.8) is 0 Å². The van der Waals surface area contributed by atoms with Crippen molar-refractivity contribution >= 4 is 6.09 Å². The van der Waals surface area contributed by atoms with Crippen LogP contribution in [0.25, 0.3) is 0 Å². The molecule has 0 saturated carbocycles. The number of amides is 1. The van der Waals surface area contributed by atoms with Crippen LogP contribution in [0.1, 0.15) is 63.6 Å². The maximum atomic E-state index is 11.8. The summed E-state index contributed by atoms with van der Waals surface area (Å²) >= 11 is 0. The van der Waals surface area contributed by atoms with Gasteiger partial charge in [-0.15, -0.1) is 0 Å². The highest BCUT2D eigenvalue weighted by molar-refractivity contribution is 5.67. The van der Waals surface area contributed by atoms with Gasteiger partial charge in [0.1, 0.15) is 11.4 Å². The van der Waals surface area contributed by atoms with Crippen LogP contribution < -0.4 is 15.4 Å². The predicted octanol–water partition coefficient (Wildman–Crippen LogP) is 6.20. The van der Waals surface area contributed by atoms with Crippen LogP contribution in [-0.4, -0.2) is 85.4 Å². The minimum Gasteiger partial charge on any atom is -0.494 e. The van der Waals surface area contributed by atoms with E-state index in [0.717, 1.165) is 86.2 Å². The zero-order valence-corrected chi connectivity index (χ0v) is 29.7. The normalized spacial score (nSPS) is 15.5. The fraction of sp³-hybridized carbons (Fsp3) is 0.487. The van der Waals surface area contributed by atoms with Crippen LogP contribution in [0.15, 0.2) is 71.8 Å². The Kier molecular flexibility index (Phi) is 15.2. The average molecular weight is 642 g/mol. The molecule has 3 rings (SSSR count). The van der Waals surface area contributed by atoms with E-state index in [1.807, 2.05) is 58.0 Å². The summed E-state index contributed by atoms with van der Waals surface area (Å²) in [4.78, 5) is 21.5. The number of aryl methyl sites for hydroxylation is 2. The number of allylic oxidation sites excluding steroid dienone is 4. The van der Waals surface area contributed by atoms with Crippen LogP contribution in [0, 0.1) is 25.7 Å². The Morgan fingerprint density at radius 3 is 2.43 bits per heavy atom. The van der Waals surface area contributed by atoms with Crippen molar-refractivity contribution < 1.29 is 14.3 Å². The molecule has 2 aromatic rings. The number of pyridine rings is 1. The first-order valence-electron chi connectivity index (χ1n) is 16.7. The molecule has 0 atom stereocenters. The summed E-state index contributed by atoms with van der Waals surface area (Å²) in [7, 11) is 0. The molecule has 8 heteroatoms. The van der Waals surface area contributed by atoms with Crippen molar-refractivity contribution in [2.45, 2.75) is 67.0 Å². The van der Waals surface area contributed by atoms with Gasteiger partial charge in [-0.3, -0.25) is 14.8 Å². The number of hydrogen-bond acceptors (Lipinski definition) is 7. The Balaban J connectivity index is 1.54. The number of hydrogen-bond donors (Lipinski definition) is 2. The molecule has 47 heavy (non-hydrogen) atoms. The van der Waals surface area contributed by atoms with E-state index in [2.05, 4.69) is 77.8 Å². The van der Waals surface area contributed by atoms with Crippen molar-refractivity contribution in [1.82, 2.24) is 25.4 Å². The van der Waals surface area contributed by atoms with E-state index in [9.17, 15) is 4.79 Å². The Bertz CT molecular complexity index is 1420. The van der Waals surface area contributed by atoms with Crippen LogP contribution in [0.2, 0.25) is 0 Å². The fourth-order valence-electron chi connectivity index (χ4n) is 5.25. The van der Waals surface area contributed by atoms with Gasteiger partial charge in [0.05, 0.1) is 12.3 Å². The molecule has 1 fully saturated rings. The van der Waals surface area contributed by atoms with Crippen molar-refractivity contribution in [2.24, 2.45) is 0 Å². The molecule has 1 aliphatic rings. The number of carbonyl (C=O) groups excluding carboxylic acids is 1. The summed E-state index contributed by atoms with van der Waals surface area (Å²) in [5, 5.41) is 6.36. The Hall–Kier alpha value is -3.90. The standard InChI is InChI=1S/C39H55N5O3/c1-30(2)24-35(11-10-34-12-14-37(15-13-34)46-23-9-16-41-38(45)47-39(6,7)8)26-32(4)28-43-19-17-40-18-20-44(22-21-43)29-36-27-31(3)25-33(5)42-36/h12-15,24-27,40H,1,9,16-23,28-29H2,2-8H3,(H,41,45)/b32-26+,35-24-. The molecule has 1 amide bonds. The zero-order valence-electron chi connectivity index (χ0n) is 29.7. The molecule has 0 radical (unpaired) electrons. The van der Waals surface area contributed by atoms with Crippen LogP contribution >= 0.6 is 0 Å². The van der Waals surface area contributed by atoms with Crippen LogP contribution in [0.4, 0.5) is 4.79 Å². The molecule has 0 unspecified atom stereocenters. The molecular formula is C39H55N5O3. The highest BCUT2D eigenvalue weighted by Gasteiger charge is 2.16. The Morgan fingerprint density at radius 2 is 1.74 bits per heavy atom. The second kappa shape index (κ2) is 19.0. The first-order chi connectivity index (χ1) is 22.3. The maximum absolute atomic E-state index is 11.8. The molecule has 0 bridgehead atoms. The highest BCUT2D eigenvalue weighted by Crippen LogP contribution is 2.14. The van der Waals surface area contributed by atoms with E-state index < -0.39 is 11.7 Å². The van der Waals surface area contributed by atoms with Gasteiger partial charge < -0.3 is 20.1 Å². The highest BCUT2D eigenvalue weighted by atomic mass is 16.6. The average Bonchev–Trinajstić information content (AvgIpc) is 3.07. The van der Waals surface area contributed by atoms with Gasteiger partial charge in [0, 0.05) is 75.7 Å². The topological polar surface area (TPSA) is 79.0 Å². The third-order valence-corrected chi connectivity index (χ3v) is 7.22. The first-order valence-corrected chi connectivity index (χ1v) is 16.7. The lowest BCUT2D eigenvalue weighted by atomic mass is 10.1.